The molecule has 0 aliphatic carbocycles. The van der Waals surface area contributed by atoms with Crippen molar-refractivity contribution in [3.8, 4) is 6.07 Å². The van der Waals surface area contributed by atoms with Gasteiger partial charge in [-0.1, -0.05) is 35.9 Å². The molecule has 4 nitrogen and oxygen atoms in total. The Hall–Kier alpha value is -2.38. The number of halogens is 1. The van der Waals surface area contributed by atoms with Crippen LogP contribution in [0.25, 0.3) is 0 Å². The zero-order valence-electron chi connectivity index (χ0n) is 12.8. The third-order valence-corrected chi connectivity index (χ3v) is 4.69. The number of carbonyl (C=O) groups is 1. The second kappa shape index (κ2) is 6.39. The maximum atomic E-state index is 12.7. The zero-order chi connectivity index (χ0) is 16.4. The topological polar surface area (TPSA) is 57.0 Å². The number of aromatic nitrogens is 1. The van der Waals surface area contributed by atoms with Gasteiger partial charge in [0, 0.05) is 24.5 Å². The summed E-state index contributed by atoms with van der Waals surface area (Å²) in [5.74, 6) is -0.0170. The van der Waals surface area contributed by atoms with Crippen LogP contribution in [0.4, 0.5) is 0 Å². The van der Waals surface area contributed by atoms with E-state index in [1.165, 1.54) is 23.5 Å². The number of rotatable bonds is 2. The van der Waals surface area contributed by atoms with E-state index in [-0.39, 0.29) is 18.4 Å². The summed E-state index contributed by atoms with van der Waals surface area (Å²) in [6.07, 6.45) is 3.89. The summed E-state index contributed by atoms with van der Waals surface area (Å²) in [6.45, 7) is 2.72. The van der Waals surface area contributed by atoms with E-state index in [1.54, 1.807) is 0 Å². The zero-order valence-corrected chi connectivity index (χ0v) is 13.5. The second-order valence-corrected chi connectivity index (χ2v) is 6.06. The average Bonchev–Trinajstić information content (AvgIpc) is 2.57. The Morgan fingerprint density at radius 1 is 1.43 bits per heavy atom. The van der Waals surface area contributed by atoms with Crippen LogP contribution in [0, 0.1) is 11.3 Å². The predicted octanol–water partition coefficient (Wildman–Crippen LogP) is 3.30. The largest absolute Gasteiger partial charge is 0.335 e. The van der Waals surface area contributed by atoms with Crippen LogP contribution >= 0.6 is 11.6 Å². The number of nitrogens with zero attached hydrogens (tertiary/aromatic N) is 3. The van der Waals surface area contributed by atoms with Crippen LogP contribution in [-0.2, 0) is 17.6 Å². The van der Waals surface area contributed by atoms with Gasteiger partial charge in [-0.05, 0) is 24.5 Å². The summed E-state index contributed by atoms with van der Waals surface area (Å²) >= 11 is 6.12. The smallest absolute Gasteiger partial charge is 0.227 e. The molecule has 116 valence electrons. The molecule has 0 N–H and O–H groups in total. The van der Waals surface area contributed by atoms with Gasteiger partial charge >= 0.3 is 0 Å². The van der Waals surface area contributed by atoms with Crippen LogP contribution in [0.15, 0.2) is 36.7 Å². The summed E-state index contributed by atoms with van der Waals surface area (Å²) in [5, 5.41) is 9.54. The van der Waals surface area contributed by atoms with Gasteiger partial charge in [0.1, 0.15) is 6.07 Å². The predicted molar refractivity (Wildman–Crippen MR) is 87.9 cm³/mol. The molecule has 23 heavy (non-hydrogen) atoms. The molecule has 1 aromatic heterocycles. The molecule has 0 saturated carbocycles. The number of amides is 1. The normalized spacial score (nSPS) is 16.6. The molecule has 3 rings (SSSR count). The third-order valence-electron chi connectivity index (χ3n) is 4.37. The number of nitriles is 1. The van der Waals surface area contributed by atoms with Gasteiger partial charge < -0.3 is 4.90 Å². The lowest BCUT2D eigenvalue weighted by molar-refractivity contribution is -0.133. The van der Waals surface area contributed by atoms with Crippen LogP contribution < -0.4 is 0 Å². The minimum atomic E-state index is -0.0170. The highest BCUT2D eigenvalue weighted by atomic mass is 35.5. The summed E-state index contributed by atoms with van der Waals surface area (Å²) in [7, 11) is 0. The number of hydrogen-bond acceptors (Lipinski definition) is 3. The van der Waals surface area contributed by atoms with E-state index in [2.05, 4.69) is 23.2 Å². The molecule has 1 amide bonds. The van der Waals surface area contributed by atoms with Gasteiger partial charge in [-0.15, -0.1) is 0 Å². The molecule has 2 aromatic rings. The number of hydrogen-bond donors (Lipinski definition) is 0. The van der Waals surface area contributed by atoms with Crippen molar-refractivity contribution in [3.05, 3.63) is 63.9 Å². The molecule has 0 bridgehead atoms. The van der Waals surface area contributed by atoms with Crippen LogP contribution in [0.2, 0.25) is 5.02 Å². The van der Waals surface area contributed by atoms with Crippen LogP contribution in [-0.4, -0.2) is 22.3 Å². The molecule has 0 spiro atoms. The molecule has 0 unspecified atom stereocenters. The lowest BCUT2D eigenvalue weighted by atomic mass is 9.93. The van der Waals surface area contributed by atoms with Crippen molar-refractivity contribution >= 4 is 17.5 Å². The van der Waals surface area contributed by atoms with Crippen molar-refractivity contribution in [3.63, 3.8) is 0 Å². The molecule has 1 aliphatic rings. The van der Waals surface area contributed by atoms with Crippen LogP contribution in [0.3, 0.4) is 0 Å². The first-order chi connectivity index (χ1) is 11.1. The van der Waals surface area contributed by atoms with Gasteiger partial charge in [0.2, 0.25) is 5.91 Å². The Bertz CT molecular complexity index is 797. The van der Waals surface area contributed by atoms with Gasteiger partial charge in [-0.2, -0.15) is 5.26 Å². The van der Waals surface area contributed by atoms with E-state index in [1.807, 2.05) is 24.0 Å². The average molecular weight is 326 g/mol. The lowest BCUT2D eigenvalue weighted by Gasteiger charge is -2.35. The number of benzene rings is 1. The lowest BCUT2D eigenvalue weighted by Crippen LogP contribution is -2.39. The van der Waals surface area contributed by atoms with Crippen molar-refractivity contribution < 1.29 is 4.79 Å². The summed E-state index contributed by atoms with van der Waals surface area (Å²) in [4.78, 5) is 18.5. The Labute approximate surface area is 140 Å². The van der Waals surface area contributed by atoms with Crippen molar-refractivity contribution in [2.45, 2.75) is 25.8 Å². The fraction of sp³-hybridized carbons (Fsp3) is 0.278. The molecule has 5 heteroatoms. The van der Waals surface area contributed by atoms with Crippen molar-refractivity contribution in [1.29, 1.82) is 5.26 Å². The third kappa shape index (κ3) is 2.93. The second-order valence-electron chi connectivity index (χ2n) is 5.65. The van der Waals surface area contributed by atoms with E-state index in [0.29, 0.717) is 22.7 Å². The first-order valence-corrected chi connectivity index (χ1v) is 7.89. The molecule has 0 fully saturated rings. The standard InChI is InChI=1S/C18H16ClN3O/c1-12-15-5-3-2-4-13(15)6-7-22(12)18(23)8-16-14(9-20)10-21-11-17(16)19/h2-5,10-12H,6-8H2,1H3/t12-/m0/s1. The first kappa shape index (κ1) is 15.5. The Morgan fingerprint density at radius 3 is 3.00 bits per heavy atom. The molecule has 0 saturated heterocycles. The molecule has 1 aromatic carbocycles. The quantitative estimate of drug-likeness (QED) is 0.851. The Morgan fingerprint density at radius 2 is 2.22 bits per heavy atom. The van der Waals surface area contributed by atoms with Crippen molar-refractivity contribution in [1.82, 2.24) is 9.88 Å². The Kier molecular flexibility index (Phi) is 4.31. The van der Waals surface area contributed by atoms with E-state index in [0.717, 1.165) is 6.42 Å². The van der Waals surface area contributed by atoms with E-state index in [4.69, 9.17) is 11.6 Å². The maximum Gasteiger partial charge on any atom is 0.227 e. The number of carbonyl (C=O) groups excluding carboxylic acids is 1. The molecule has 1 atom stereocenters. The Balaban J connectivity index is 1.85. The van der Waals surface area contributed by atoms with Gasteiger partial charge in [-0.3, -0.25) is 9.78 Å². The molecule has 2 heterocycles. The molecular weight excluding hydrogens is 310 g/mol. The van der Waals surface area contributed by atoms with E-state index < -0.39 is 0 Å². The minimum absolute atomic E-state index is 0.0170. The van der Waals surface area contributed by atoms with E-state index >= 15 is 0 Å². The molecule has 1 aliphatic heterocycles. The van der Waals surface area contributed by atoms with Gasteiger partial charge in [0.05, 0.1) is 23.0 Å². The summed E-state index contributed by atoms with van der Waals surface area (Å²) in [6, 6.07) is 10.3. The SMILES string of the molecule is C[C@H]1c2ccccc2CCN1C(=O)Cc1c(Cl)cncc1C#N. The van der Waals surface area contributed by atoms with Gasteiger partial charge in [0.15, 0.2) is 0 Å². The monoisotopic (exact) mass is 325 g/mol. The maximum absolute atomic E-state index is 12.7. The number of fused-ring (bicyclic) bond motifs is 1. The fourth-order valence-corrected chi connectivity index (χ4v) is 3.33. The summed E-state index contributed by atoms with van der Waals surface area (Å²) in [5.41, 5.74) is 3.40. The highest BCUT2D eigenvalue weighted by Gasteiger charge is 2.28. The van der Waals surface area contributed by atoms with Gasteiger partial charge in [-0.25, -0.2) is 0 Å². The van der Waals surface area contributed by atoms with Crippen molar-refractivity contribution in [2.75, 3.05) is 6.54 Å². The van der Waals surface area contributed by atoms with E-state index in [9.17, 15) is 10.1 Å². The highest BCUT2D eigenvalue weighted by molar-refractivity contribution is 6.31. The number of pyridine rings is 1. The minimum Gasteiger partial charge on any atom is -0.335 e. The summed E-state index contributed by atoms with van der Waals surface area (Å²) < 4.78 is 0. The first-order valence-electron chi connectivity index (χ1n) is 7.51. The fourth-order valence-electron chi connectivity index (χ4n) is 3.10. The molecule has 0 radical (unpaired) electrons. The van der Waals surface area contributed by atoms with Crippen LogP contribution in [0.5, 0.6) is 0 Å². The highest BCUT2D eigenvalue weighted by Crippen LogP contribution is 2.30. The van der Waals surface area contributed by atoms with Crippen molar-refractivity contribution in [2.24, 2.45) is 0 Å². The van der Waals surface area contributed by atoms with Gasteiger partial charge in [0.25, 0.3) is 0 Å². The molecular formula is C18H16ClN3O. The van der Waals surface area contributed by atoms with Crippen LogP contribution in [0.1, 0.15) is 35.2 Å².